The second-order valence-corrected chi connectivity index (χ2v) is 6.41. The van der Waals surface area contributed by atoms with E-state index in [2.05, 4.69) is 21.9 Å². The van der Waals surface area contributed by atoms with Gasteiger partial charge in [0.1, 0.15) is 0 Å². The molecule has 2 N–H and O–H groups in total. The van der Waals surface area contributed by atoms with Crippen molar-refractivity contribution in [1.29, 1.82) is 0 Å². The van der Waals surface area contributed by atoms with Crippen LogP contribution in [0.1, 0.15) is 22.3 Å². The molecule has 0 heterocycles. The second-order valence-electron chi connectivity index (χ2n) is 5.42. The third-order valence-electron chi connectivity index (χ3n) is 3.33. The van der Waals surface area contributed by atoms with Crippen molar-refractivity contribution in [2.75, 3.05) is 46.2 Å². The second kappa shape index (κ2) is 10.9. The summed E-state index contributed by atoms with van der Waals surface area (Å²) in [5, 5.41) is 6.60. The Hall–Kier alpha value is -1.69. The van der Waals surface area contributed by atoms with Crippen molar-refractivity contribution in [1.82, 2.24) is 15.5 Å². The highest BCUT2D eigenvalue weighted by Gasteiger charge is 2.08. The highest BCUT2D eigenvalue weighted by molar-refractivity contribution is 7.98. The molecule has 0 aromatic heterocycles. The van der Waals surface area contributed by atoms with Crippen molar-refractivity contribution in [3.05, 3.63) is 35.4 Å². The van der Waals surface area contributed by atoms with Gasteiger partial charge in [0, 0.05) is 39.8 Å². The van der Waals surface area contributed by atoms with E-state index in [4.69, 9.17) is 0 Å². The number of thioether (sulfide) groups is 1. The van der Waals surface area contributed by atoms with Crippen LogP contribution in [0, 0.1) is 0 Å². The van der Waals surface area contributed by atoms with Gasteiger partial charge in [-0.3, -0.25) is 9.79 Å². The average molecular weight is 337 g/mol. The first-order valence-corrected chi connectivity index (χ1v) is 9.22. The molecule has 0 radical (unpaired) electrons. The van der Waals surface area contributed by atoms with Crippen LogP contribution in [-0.2, 0) is 6.42 Å². The van der Waals surface area contributed by atoms with Crippen LogP contribution in [0.15, 0.2) is 29.3 Å². The molecule has 0 unspecified atom stereocenters. The molecule has 0 saturated heterocycles. The number of carbonyl (C=O) groups is 1. The van der Waals surface area contributed by atoms with Crippen molar-refractivity contribution in [2.45, 2.75) is 12.8 Å². The zero-order chi connectivity index (χ0) is 17.1. The summed E-state index contributed by atoms with van der Waals surface area (Å²) in [5.41, 5.74) is 1.87. The van der Waals surface area contributed by atoms with E-state index in [-0.39, 0.29) is 5.91 Å². The van der Waals surface area contributed by atoms with E-state index >= 15 is 0 Å². The van der Waals surface area contributed by atoms with Gasteiger partial charge in [0.15, 0.2) is 5.96 Å². The van der Waals surface area contributed by atoms with Crippen LogP contribution in [0.25, 0.3) is 0 Å². The molecule has 1 rings (SSSR count). The summed E-state index contributed by atoms with van der Waals surface area (Å²) < 4.78 is 0. The molecule has 0 aliphatic heterocycles. The molecule has 0 bridgehead atoms. The number of hydrogen-bond donors (Lipinski definition) is 2. The van der Waals surface area contributed by atoms with Crippen molar-refractivity contribution in [3.8, 4) is 0 Å². The Kier molecular flexibility index (Phi) is 9.21. The quantitative estimate of drug-likeness (QED) is 0.432. The molecule has 1 amide bonds. The molecule has 0 aliphatic carbocycles. The van der Waals surface area contributed by atoms with E-state index < -0.39 is 0 Å². The SMILES string of the molecule is CN=C(NCCCSC)NCCc1cccc(C(=O)N(C)C)c1. The maximum absolute atomic E-state index is 12.0. The van der Waals surface area contributed by atoms with Gasteiger partial charge < -0.3 is 15.5 Å². The fourth-order valence-corrected chi connectivity index (χ4v) is 2.52. The number of nitrogens with zero attached hydrogens (tertiary/aromatic N) is 2. The maximum atomic E-state index is 12.0. The Morgan fingerprint density at radius 3 is 2.65 bits per heavy atom. The zero-order valence-electron chi connectivity index (χ0n) is 14.6. The van der Waals surface area contributed by atoms with Crippen molar-refractivity contribution in [3.63, 3.8) is 0 Å². The average Bonchev–Trinajstić information content (AvgIpc) is 2.56. The first-order chi connectivity index (χ1) is 11.1. The highest BCUT2D eigenvalue weighted by Crippen LogP contribution is 2.07. The number of aliphatic imine (C=N–C) groups is 1. The van der Waals surface area contributed by atoms with Crippen molar-refractivity contribution >= 4 is 23.6 Å². The molecule has 1 aromatic rings. The lowest BCUT2D eigenvalue weighted by molar-refractivity contribution is 0.0827. The number of nitrogens with one attached hydrogen (secondary N) is 2. The molecule has 0 saturated carbocycles. The number of benzene rings is 1. The predicted molar refractivity (Wildman–Crippen MR) is 101 cm³/mol. The van der Waals surface area contributed by atoms with Gasteiger partial charge in [-0.2, -0.15) is 11.8 Å². The molecule has 23 heavy (non-hydrogen) atoms. The molecule has 5 nitrogen and oxygen atoms in total. The van der Waals surface area contributed by atoms with Gasteiger partial charge in [-0.25, -0.2) is 0 Å². The van der Waals surface area contributed by atoms with Crippen LogP contribution in [0.3, 0.4) is 0 Å². The lowest BCUT2D eigenvalue weighted by atomic mass is 10.1. The van der Waals surface area contributed by atoms with E-state index in [0.29, 0.717) is 0 Å². The van der Waals surface area contributed by atoms with Gasteiger partial charge in [0.05, 0.1) is 0 Å². The fraction of sp³-hybridized carbons (Fsp3) is 0.529. The summed E-state index contributed by atoms with van der Waals surface area (Å²) in [6.45, 7) is 1.70. The van der Waals surface area contributed by atoms with E-state index in [0.717, 1.165) is 48.8 Å². The minimum absolute atomic E-state index is 0.0334. The van der Waals surface area contributed by atoms with E-state index in [9.17, 15) is 4.79 Å². The van der Waals surface area contributed by atoms with Gasteiger partial charge in [-0.1, -0.05) is 12.1 Å². The molecule has 128 valence electrons. The Bertz CT molecular complexity index is 517. The van der Waals surface area contributed by atoms with Crippen molar-refractivity contribution < 1.29 is 4.79 Å². The van der Waals surface area contributed by atoms with E-state index in [1.807, 2.05) is 36.0 Å². The molecule has 1 aromatic carbocycles. The van der Waals surface area contributed by atoms with Gasteiger partial charge >= 0.3 is 0 Å². The fourth-order valence-electron chi connectivity index (χ4n) is 2.09. The van der Waals surface area contributed by atoms with Gasteiger partial charge in [-0.15, -0.1) is 0 Å². The Morgan fingerprint density at radius 1 is 1.26 bits per heavy atom. The molecule has 0 atom stereocenters. The van der Waals surface area contributed by atoms with Crippen molar-refractivity contribution in [2.24, 2.45) is 4.99 Å². The van der Waals surface area contributed by atoms with Gasteiger partial charge in [0.2, 0.25) is 0 Å². The minimum Gasteiger partial charge on any atom is -0.356 e. The van der Waals surface area contributed by atoms with E-state index in [1.54, 1.807) is 26.0 Å². The Labute approximate surface area is 143 Å². The van der Waals surface area contributed by atoms with Crippen LogP contribution < -0.4 is 10.6 Å². The largest absolute Gasteiger partial charge is 0.356 e. The standard InChI is InChI=1S/C17H28N4OS/c1-18-17(19-10-6-12-23-4)20-11-9-14-7-5-8-15(13-14)16(22)21(2)3/h5,7-8,13H,6,9-12H2,1-4H3,(H2,18,19,20). The first kappa shape index (κ1) is 19.4. The molecule has 0 fully saturated rings. The Morgan fingerprint density at radius 2 is 2.00 bits per heavy atom. The first-order valence-electron chi connectivity index (χ1n) is 7.82. The number of carbonyl (C=O) groups excluding carboxylic acids is 1. The summed E-state index contributed by atoms with van der Waals surface area (Å²) >= 11 is 1.85. The monoisotopic (exact) mass is 336 g/mol. The van der Waals surface area contributed by atoms with Crippen LogP contribution in [0.4, 0.5) is 0 Å². The van der Waals surface area contributed by atoms with Crippen LogP contribution in [0.5, 0.6) is 0 Å². The van der Waals surface area contributed by atoms with Crippen LogP contribution in [-0.4, -0.2) is 63.0 Å². The van der Waals surface area contributed by atoms with Crippen LogP contribution in [0.2, 0.25) is 0 Å². The number of hydrogen-bond acceptors (Lipinski definition) is 3. The summed E-state index contributed by atoms with van der Waals surface area (Å²) in [5.74, 6) is 2.01. The highest BCUT2D eigenvalue weighted by atomic mass is 32.2. The third-order valence-corrected chi connectivity index (χ3v) is 4.02. The smallest absolute Gasteiger partial charge is 0.253 e. The van der Waals surface area contributed by atoms with Gasteiger partial charge in [0.25, 0.3) is 5.91 Å². The topological polar surface area (TPSA) is 56.7 Å². The molecule has 0 spiro atoms. The maximum Gasteiger partial charge on any atom is 0.253 e. The summed E-state index contributed by atoms with van der Waals surface area (Å²) in [7, 11) is 5.31. The number of amides is 1. The summed E-state index contributed by atoms with van der Waals surface area (Å²) in [6, 6.07) is 7.79. The Balaban J connectivity index is 2.42. The lowest BCUT2D eigenvalue weighted by Gasteiger charge is -2.13. The molecule has 0 aliphatic rings. The summed E-state index contributed by atoms with van der Waals surface area (Å²) in [4.78, 5) is 17.8. The summed E-state index contributed by atoms with van der Waals surface area (Å²) in [6.07, 6.45) is 4.08. The minimum atomic E-state index is 0.0334. The predicted octanol–water partition coefficient (Wildman–Crippen LogP) is 1.85. The number of rotatable bonds is 8. The molecular weight excluding hydrogens is 308 g/mol. The third kappa shape index (κ3) is 7.41. The van der Waals surface area contributed by atoms with Crippen LogP contribution >= 0.6 is 11.8 Å². The zero-order valence-corrected chi connectivity index (χ0v) is 15.4. The van der Waals surface area contributed by atoms with Gasteiger partial charge in [-0.05, 0) is 42.5 Å². The number of guanidine groups is 1. The van der Waals surface area contributed by atoms with E-state index in [1.165, 1.54) is 0 Å². The normalized spacial score (nSPS) is 11.2. The lowest BCUT2D eigenvalue weighted by Crippen LogP contribution is -2.38. The molecule has 6 heteroatoms. The molecular formula is C17H28N4OS.